The van der Waals surface area contributed by atoms with Crippen molar-refractivity contribution in [2.45, 2.75) is 18.7 Å². The minimum atomic E-state index is -4.69. The molecule has 1 aliphatic rings. The van der Waals surface area contributed by atoms with Crippen LogP contribution in [0.4, 0.5) is 13.2 Å². The number of hydrogen-bond acceptors (Lipinski definition) is 6. The molecule has 0 saturated carbocycles. The summed E-state index contributed by atoms with van der Waals surface area (Å²) in [7, 11) is 1.56. The molecule has 162 valence electrons. The zero-order valence-electron chi connectivity index (χ0n) is 16.4. The summed E-state index contributed by atoms with van der Waals surface area (Å²) >= 11 is 0. The number of nitrogens with zero attached hydrogens (tertiary/aromatic N) is 3. The van der Waals surface area contributed by atoms with Crippen LogP contribution in [-0.4, -0.2) is 47.3 Å². The molecule has 0 radical (unpaired) electrons. The molecule has 1 amide bonds. The number of halogens is 3. The Labute approximate surface area is 175 Å². The van der Waals surface area contributed by atoms with E-state index in [0.29, 0.717) is 42.1 Å². The number of alkyl halides is 3. The summed E-state index contributed by atoms with van der Waals surface area (Å²) in [4.78, 5) is 17.7. The molecular formula is C21H18F3N3O4. The molecule has 4 rings (SSSR count). The Balaban J connectivity index is 1.35. The lowest BCUT2D eigenvalue weighted by atomic mass is 10.2. The van der Waals surface area contributed by atoms with Crippen molar-refractivity contribution in [2.75, 3.05) is 20.2 Å². The average Bonchev–Trinajstić information content (AvgIpc) is 3.44. The Morgan fingerprint density at radius 1 is 1.10 bits per heavy atom. The largest absolute Gasteiger partial charge is 0.497 e. The number of methoxy groups -OCH3 is 1. The molecule has 0 spiro atoms. The quantitative estimate of drug-likeness (QED) is 0.604. The van der Waals surface area contributed by atoms with Crippen molar-refractivity contribution in [3.8, 4) is 22.9 Å². The first kappa shape index (κ1) is 20.7. The average molecular weight is 433 g/mol. The smallest absolute Gasteiger partial charge is 0.471 e. The molecule has 0 aliphatic carbocycles. The third kappa shape index (κ3) is 4.62. The van der Waals surface area contributed by atoms with Crippen molar-refractivity contribution >= 4 is 5.91 Å². The van der Waals surface area contributed by atoms with Crippen LogP contribution < -0.4 is 9.47 Å². The van der Waals surface area contributed by atoms with Gasteiger partial charge >= 0.3 is 12.1 Å². The van der Waals surface area contributed by atoms with Gasteiger partial charge in [0.1, 0.15) is 17.6 Å². The van der Waals surface area contributed by atoms with Gasteiger partial charge in [-0.2, -0.15) is 18.2 Å². The highest BCUT2D eigenvalue weighted by atomic mass is 19.4. The van der Waals surface area contributed by atoms with Crippen LogP contribution in [0.2, 0.25) is 0 Å². The van der Waals surface area contributed by atoms with E-state index in [1.54, 1.807) is 60.5 Å². The first-order valence-electron chi connectivity index (χ1n) is 9.45. The number of rotatable bonds is 5. The first-order chi connectivity index (χ1) is 14.8. The van der Waals surface area contributed by atoms with Gasteiger partial charge in [0.25, 0.3) is 5.91 Å². The molecule has 1 fully saturated rings. The lowest BCUT2D eigenvalue weighted by molar-refractivity contribution is -0.159. The van der Waals surface area contributed by atoms with Gasteiger partial charge < -0.3 is 18.9 Å². The summed E-state index contributed by atoms with van der Waals surface area (Å²) in [6.45, 7) is 1.00. The lowest BCUT2D eigenvalue weighted by Gasteiger charge is -2.17. The number of carbonyl (C=O) groups excluding carboxylic acids is 1. The van der Waals surface area contributed by atoms with Crippen LogP contribution in [0.3, 0.4) is 0 Å². The Hall–Kier alpha value is -3.56. The maximum absolute atomic E-state index is 12.6. The number of benzene rings is 2. The number of hydrogen-bond donors (Lipinski definition) is 0. The SMILES string of the molecule is COc1ccc(C(=O)N2CC[C@@H](Oc3ccc(-c4noc(C(F)(F)F)n4)cc3)C2)cc1. The second-order valence-electron chi connectivity index (χ2n) is 6.95. The van der Waals surface area contributed by atoms with Crippen LogP contribution in [0.1, 0.15) is 22.7 Å². The summed E-state index contributed by atoms with van der Waals surface area (Å²) in [5.74, 6) is -0.418. The van der Waals surface area contributed by atoms with Gasteiger partial charge in [0.05, 0.1) is 13.7 Å². The molecule has 2 aromatic carbocycles. The van der Waals surface area contributed by atoms with E-state index < -0.39 is 12.1 Å². The van der Waals surface area contributed by atoms with Crippen molar-refractivity contribution in [3.05, 3.63) is 60.0 Å². The highest BCUT2D eigenvalue weighted by molar-refractivity contribution is 5.94. The van der Waals surface area contributed by atoms with Gasteiger partial charge in [0.15, 0.2) is 0 Å². The first-order valence-corrected chi connectivity index (χ1v) is 9.45. The summed E-state index contributed by atoms with van der Waals surface area (Å²) in [6.07, 6.45) is -4.20. The minimum absolute atomic E-state index is 0.0818. The Bertz CT molecular complexity index is 1050. The van der Waals surface area contributed by atoms with Gasteiger partial charge in [-0.15, -0.1) is 0 Å². The Morgan fingerprint density at radius 3 is 2.39 bits per heavy atom. The number of amides is 1. The van der Waals surface area contributed by atoms with Gasteiger partial charge in [0, 0.05) is 24.1 Å². The zero-order chi connectivity index (χ0) is 22.0. The summed E-state index contributed by atoms with van der Waals surface area (Å²) in [6, 6.07) is 13.2. The van der Waals surface area contributed by atoms with E-state index in [0.717, 1.165) is 0 Å². The molecule has 7 nitrogen and oxygen atoms in total. The molecule has 1 saturated heterocycles. The Kier molecular flexibility index (Phi) is 5.53. The summed E-state index contributed by atoms with van der Waals surface area (Å²) < 4.78 is 53.0. The van der Waals surface area contributed by atoms with E-state index in [4.69, 9.17) is 9.47 Å². The van der Waals surface area contributed by atoms with E-state index in [9.17, 15) is 18.0 Å². The normalized spacial score (nSPS) is 16.4. The fourth-order valence-corrected chi connectivity index (χ4v) is 3.26. The van der Waals surface area contributed by atoms with Crippen LogP contribution in [0.25, 0.3) is 11.4 Å². The van der Waals surface area contributed by atoms with Gasteiger partial charge in [-0.05, 0) is 48.5 Å². The van der Waals surface area contributed by atoms with Crippen LogP contribution in [0, 0.1) is 0 Å². The fraction of sp³-hybridized carbons (Fsp3) is 0.286. The second-order valence-corrected chi connectivity index (χ2v) is 6.95. The van der Waals surface area contributed by atoms with E-state index in [1.807, 2.05) is 0 Å². The minimum Gasteiger partial charge on any atom is -0.497 e. The van der Waals surface area contributed by atoms with Gasteiger partial charge in [-0.1, -0.05) is 5.16 Å². The van der Waals surface area contributed by atoms with Crippen molar-refractivity contribution in [1.29, 1.82) is 0 Å². The van der Waals surface area contributed by atoms with Crippen molar-refractivity contribution < 1.29 is 32.0 Å². The van der Waals surface area contributed by atoms with Crippen LogP contribution in [0.15, 0.2) is 53.1 Å². The topological polar surface area (TPSA) is 77.7 Å². The molecule has 1 aromatic heterocycles. The molecule has 3 aromatic rings. The zero-order valence-corrected chi connectivity index (χ0v) is 16.4. The highest BCUT2D eigenvalue weighted by Crippen LogP contribution is 2.30. The van der Waals surface area contributed by atoms with Crippen molar-refractivity contribution in [3.63, 3.8) is 0 Å². The molecular weight excluding hydrogens is 415 g/mol. The Morgan fingerprint density at radius 2 is 1.77 bits per heavy atom. The molecule has 31 heavy (non-hydrogen) atoms. The van der Waals surface area contributed by atoms with Crippen molar-refractivity contribution in [1.82, 2.24) is 15.0 Å². The monoisotopic (exact) mass is 433 g/mol. The van der Waals surface area contributed by atoms with Gasteiger partial charge in [-0.25, -0.2) is 0 Å². The van der Waals surface area contributed by atoms with E-state index in [2.05, 4.69) is 14.7 Å². The van der Waals surface area contributed by atoms with Crippen molar-refractivity contribution in [2.24, 2.45) is 0 Å². The van der Waals surface area contributed by atoms with Gasteiger partial charge in [-0.3, -0.25) is 4.79 Å². The van der Waals surface area contributed by atoms with Gasteiger partial charge in [0.2, 0.25) is 5.82 Å². The number of aromatic nitrogens is 2. The lowest BCUT2D eigenvalue weighted by Crippen LogP contribution is -2.30. The van der Waals surface area contributed by atoms with Crippen LogP contribution in [-0.2, 0) is 6.18 Å². The third-order valence-corrected chi connectivity index (χ3v) is 4.85. The van der Waals surface area contributed by atoms with E-state index >= 15 is 0 Å². The number of carbonyl (C=O) groups is 1. The summed E-state index contributed by atoms with van der Waals surface area (Å²) in [5.41, 5.74) is 0.943. The second kappa shape index (κ2) is 8.29. The molecule has 0 unspecified atom stereocenters. The van der Waals surface area contributed by atoms with Crippen LogP contribution >= 0.6 is 0 Å². The van der Waals surface area contributed by atoms with Crippen LogP contribution in [0.5, 0.6) is 11.5 Å². The summed E-state index contributed by atoms with van der Waals surface area (Å²) in [5, 5.41) is 3.36. The van der Waals surface area contributed by atoms with E-state index in [-0.39, 0.29) is 17.8 Å². The molecule has 10 heteroatoms. The van der Waals surface area contributed by atoms with E-state index in [1.165, 1.54) is 0 Å². The highest BCUT2D eigenvalue weighted by Gasteiger charge is 2.38. The number of ether oxygens (including phenoxy) is 2. The molecule has 0 N–H and O–H groups in total. The number of likely N-dealkylation sites (tertiary alicyclic amines) is 1. The third-order valence-electron chi connectivity index (χ3n) is 4.85. The predicted octanol–water partition coefficient (Wildman–Crippen LogP) is 4.06. The molecule has 0 bridgehead atoms. The maximum atomic E-state index is 12.6. The standard InChI is InChI=1S/C21H18F3N3O4/c1-29-15-6-4-14(5-7-15)19(28)27-11-10-17(12-27)30-16-8-2-13(3-9-16)18-25-20(31-26-18)21(22,23)24/h2-9,17H,10-12H2,1H3/t17-/m1/s1. The fourth-order valence-electron chi connectivity index (χ4n) is 3.26. The molecule has 1 atom stereocenters. The predicted molar refractivity (Wildman–Crippen MR) is 103 cm³/mol. The maximum Gasteiger partial charge on any atom is 0.471 e. The molecule has 1 aliphatic heterocycles. The molecule has 2 heterocycles.